The topological polar surface area (TPSA) is 75.6 Å². The summed E-state index contributed by atoms with van der Waals surface area (Å²) in [6.07, 6.45) is 0.0316. The summed E-state index contributed by atoms with van der Waals surface area (Å²) in [5, 5.41) is 11.1. The Labute approximate surface area is 97.2 Å². The summed E-state index contributed by atoms with van der Waals surface area (Å²) in [4.78, 5) is 22.2. The molecule has 1 aromatic carbocycles. The fourth-order valence-corrected chi connectivity index (χ4v) is 1.23. The predicted molar refractivity (Wildman–Crippen MR) is 58.5 cm³/mol. The number of methoxy groups -OCH3 is 1. The van der Waals surface area contributed by atoms with Crippen LogP contribution >= 0.6 is 0 Å². The molecule has 0 aliphatic rings. The normalized spacial score (nSPS) is 10.0. The van der Waals surface area contributed by atoms with E-state index < -0.39 is 17.7 Å². The molecule has 6 heteroatoms. The van der Waals surface area contributed by atoms with Crippen molar-refractivity contribution in [1.82, 2.24) is 0 Å². The largest absolute Gasteiger partial charge is 0.478 e. The number of hydrogen-bond acceptors (Lipinski definition) is 3. The van der Waals surface area contributed by atoms with E-state index in [2.05, 4.69) is 10.1 Å². The molecule has 1 aromatic rings. The highest BCUT2D eigenvalue weighted by atomic mass is 19.1. The van der Waals surface area contributed by atoms with Crippen molar-refractivity contribution >= 4 is 17.6 Å². The van der Waals surface area contributed by atoms with Gasteiger partial charge in [0.2, 0.25) is 5.91 Å². The monoisotopic (exact) mass is 241 g/mol. The third kappa shape index (κ3) is 3.53. The average Bonchev–Trinajstić information content (AvgIpc) is 2.28. The second-order valence-corrected chi connectivity index (χ2v) is 3.26. The van der Waals surface area contributed by atoms with Crippen LogP contribution in [0.4, 0.5) is 10.1 Å². The van der Waals surface area contributed by atoms with Crippen molar-refractivity contribution in [3.8, 4) is 0 Å². The quantitative estimate of drug-likeness (QED) is 0.819. The van der Waals surface area contributed by atoms with Crippen molar-refractivity contribution in [3.05, 3.63) is 29.6 Å². The summed E-state index contributed by atoms with van der Waals surface area (Å²) in [5.74, 6) is -2.58. The molecule has 2 N–H and O–H groups in total. The first-order valence-electron chi connectivity index (χ1n) is 4.87. The molecule has 0 bridgehead atoms. The van der Waals surface area contributed by atoms with Crippen molar-refractivity contribution in [1.29, 1.82) is 0 Å². The van der Waals surface area contributed by atoms with Crippen LogP contribution in [-0.2, 0) is 9.53 Å². The van der Waals surface area contributed by atoms with Gasteiger partial charge < -0.3 is 15.2 Å². The molecular formula is C11H12FNO4. The summed E-state index contributed by atoms with van der Waals surface area (Å²) in [6.45, 7) is 0.183. The van der Waals surface area contributed by atoms with E-state index in [1.807, 2.05) is 0 Å². The molecule has 0 atom stereocenters. The molecule has 0 saturated carbocycles. The third-order valence-corrected chi connectivity index (χ3v) is 2.04. The van der Waals surface area contributed by atoms with E-state index in [0.29, 0.717) is 0 Å². The second-order valence-electron chi connectivity index (χ2n) is 3.26. The minimum Gasteiger partial charge on any atom is -0.478 e. The SMILES string of the molecule is COCCC(=O)Nc1c(F)cccc1C(=O)O. The fourth-order valence-electron chi connectivity index (χ4n) is 1.23. The van der Waals surface area contributed by atoms with Gasteiger partial charge >= 0.3 is 5.97 Å². The Morgan fingerprint density at radius 2 is 2.18 bits per heavy atom. The van der Waals surface area contributed by atoms with Gasteiger partial charge in [0, 0.05) is 7.11 Å². The molecule has 17 heavy (non-hydrogen) atoms. The van der Waals surface area contributed by atoms with Crippen LogP contribution in [0, 0.1) is 5.82 Å². The molecule has 0 fully saturated rings. The lowest BCUT2D eigenvalue weighted by Gasteiger charge is -2.09. The summed E-state index contributed by atoms with van der Waals surface area (Å²) in [7, 11) is 1.43. The molecule has 0 aromatic heterocycles. The number of carboxylic acid groups (broad SMARTS) is 1. The number of halogens is 1. The van der Waals surface area contributed by atoms with E-state index in [4.69, 9.17) is 5.11 Å². The number of aromatic carboxylic acids is 1. The summed E-state index contributed by atoms with van der Waals surface area (Å²) >= 11 is 0. The van der Waals surface area contributed by atoms with E-state index in [1.165, 1.54) is 19.2 Å². The minimum atomic E-state index is -1.30. The van der Waals surface area contributed by atoms with E-state index in [-0.39, 0.29) is 24.3 Å². The maximum Gasteiger partial charge on any atom is 0.337 e. The molecule has 1 amide bonds. The van der Waals surface area contributed by atoms with Crippen LogP contribution in [0.5, 0.6) is 0 Å². The fraction of sp³-hybridized carbons (Fsp3) is 0.273. The van der Waals surface area contributed by atoms with Gasteiger partial charge in [-0.3, -0.25) is 4.79 Å². The summed E-state index contributed by atoms with van der Waals surface area (Å²) < 4.78 is 18.1. The Kier molecular flexibility index (Phi) is 4.59. The Hall–Kier alpha value is -1.95. The van der Waals surface area contributed by atoms with Gasteiger partial charge in [0.05, 0.1) is 24.3 Å². The van der Waals surface area contributed by atoms with Gasteiger partial charge in [0.25, 0.3) is 0 Å². The third-order valence-electron chi connectivity index (χ3n) is 2.04. The zero-order valence-corrected chi connectivity index (χ0v) is 9.20. The van der Waals surface area contributed by atoms with Gasteiger partial charge in [0.1, 0.15) is 5.82 Å². The molecule has 0 saturated heterocycles. The molecule has 0 aliphatic heterocycles. The van der Waals surface area contributed by atoms with Crippen molar-refractivity contribution < 1.29 is 23.8 Å². The van der Waals surface area contributed by atoms with E-state index >= 15 is 0 Å². The smallest absolute Gasteiger partial charge is 0.337 e. The second kappa shape index (κ2) is 5.95. The highest BCUT2D eigenvalue weighted by molar-refractivity contribution is 6.00. The first-order chi connectivity index (χ1) is 8.06. The maximum absolute atomic E-state index is 13.4. The minimum absolute atomic E-state index is 0.0316. The molecular weight excluding hydrogens is 229 g/mol. The Morgan fingerprint density at radius 3 is 2.76 bits per heavy atom. The van der Waals surface area contributed by atoms with Crippen LogP contribution in [0.15, 0.2) is 18.2 Å². The molecule has 0 radical (unpaired) electrons. The summed E-state index contributed by atoms with van der Waals surface area (Å²) in [5.41, 5.74) is -0.600. The Bertz CT molecular complexity index is 433. The molecule has 0 unspecified atom stereocenters. The van der Waals surface area contributed by atoms with Crippen LogP contribution in [0.25, 0.3) is 0 Å². The van der Waals surface area contributed by atoms with Gasteiger partial charge in [-0.1, -0.05) is 6.07 Å². The molecule has 0 aliphatic carbocycles. The molecule has 92 valence electrons. The van der Waals surface area contributed by atoms with Gasteiger partial charge in [-0.05, 0) is 12.1 Å². The van der Waals surface area contributed by atoms with E-state index in [0.717, 1.165) is 6.07 Å². The number of rotatable bonds is 5. The highest BCUT2D eigenvalue weighted by Gasteiger charge is 2.16. The van der Waals surface area contributed by atoms with Crippen LogP contribution in [0.1, 0.15) is 16.8 Å². The lowest BCUT2D eigenvalue weighted by Crippen LogP contribution is -2.17. The zero-order valence-electron chi connectivity index (χ0n) is 9.20. The van der Waals surface area contributed by atoms with Gasteiger partial charge in [-0.25, -0.2) is 9.18 Å². The molecule has 0 heterocycles. The Morgan fingerprint density at radius 1 is 1.47 bits per heavy atom. The van der Waals surface area contributed by atoms with Crippen molar-refractivity contribution in [2.24, 2.45) is 0 Å². The number of ether oxygens (including phenoxy) is 1. The molecule has 1 rings (SSSR count). The highest BCUT2D eigenvalue weighted by Crippen LogP contribution is 2.19. The van der Waals surface area contributed by atoms with Gasteiger partial charge in [-0.2, -0.15) is 0 Å². The van der Waals surface area contributed by atoms with E-state index in [9.17, 15) is 14.0 Å². The summed E-state index contributed by atoms with van der Waals surface area (Å²) in [6, 6.07) is 3.57. The number of nitrogens with one attached hydrogen (secondary N) is 1. The van der Waals surface area contributed by atoms with Crippen LogP contribution < -0.4 is 5.32 Å². The van der Waals surface area contributed by atoms with Crippen LogP contribution in [-0.4, -0.2) is 30.7 Å². The number of hydrogen-bond donors (Lipinski definition) is 2. The van der Waals surface area contributed by atoms with Crippen molar-refractivity contribution in [2.45, 2.75) is 6.42 Å². The van der Waals surface area contributed by atoms with Crippen molar-refractivity contribution in [2.75, 3.05) is 19.0 Å². The van der Waals surface area contributed by atoms with Gasteiger partial charge in [-0.15, -0.1) is 0 Å². The number of carbonyl (C=O) groups is 2. The standard InChI is InChI=1S/C11H12FNO4/c1-17-6-5-9(14)13-10-7(11(15)16)3-2-4-8(10)12/h2-4H,5-6H2,1H3,(H,13,14)(H,15,16). The van der Waals surface area contributed by atoms with Gasteiger partial charge in [0.15, 0.2) is 0 Å². The van der Waals surface area contributed by atoms with Crippen LogP contribution in [0.3, 0.4) is 0 Å². The zero-order chi connectivity index (χ0) is 12.8. The predicted octanol–water partition coefficient (Wildman–Crippen LogP) is 1.50. The lowest BCUT2D eigenvalue weighted by molar-refractivity contribution is -0.117. The number of benzene rings is 1. The van der Waals surface area contributed by atoms with E-state index in [1.54, 1.807) is 0 Å². The number of amides is 1. The number of para-hydroxylation sites is 1. The number of carboxylic acids is 1. The number of anilines is 1. The lowest BCUT2D eigenvalue weighted by atomic mass is 10.1. The molecule has 0 spiro atoms. The molecule has 5 nitrogen and oxygen atoms in total. The maximum atomic E-state index is 13.4. The first-order valence-corrected chi connectivity index (χ1v) is 4.87. The van der Waals surface area contributed by atoms with Crippen molar-refractivity contribution in [3.63, 3.8) is 0 Å². The Balaban J connectivity index is 2.89. The first kappa shape index (κ1) is 13.1. The average molecular weight is 241 g/mol. The number of carbonyl (C=O) groups excluding carboxylic acids is 1. The van der Waals surface area contributed by atoms with Crippen LogP contribution in [0.2, 0.25) is 0 Å².